The zero-order valence-electron chi connectivity index (χ0n) is 15.9. The molecule has 4 aromatic rings. The van der Waals surface area contributed by atoms with Crippen molar-refractivity contribution in [3.63, 3.8) is 0 Å². The van der Waals surface area contributed by atoms with Crippen LogP contribution < -0.4 is 15.5 Å². The predicted octanol–water partition coefficient (Wildman–Crippen LogP) is 3.64. The van der Waals surface area contributed by atoms with E-state index in [0.29, 0.717) is 17.0 Å². The van der Waals surface area contributed by atoms with E-state index in [2.05, 4.69) is 10.3 Å². The molecular formula is C22H18FN3O3. The minimum Gasteiger partial charge on any atom is -0.494 e. The van der Waals surface area contributed by atoms with Crippen LogP contribution >= 0.6 is 0 Å². The standard InChI is InChI=1S/C22H18FN3O3/c1-13-11-17(14-5-4-8-19(29-2)21(14)24-13)25-20(28)12-26-10-9-18(27)15-6-3-7-16(23)22(15)26/h3-11H,12H2,1-2H3,(H,24,25,28). The van der Waals surface area contributed by atoms with Crippen LogP contribution in [0.25, 0.3) is 21.8 Å². The molecule has 0 spiro atoms. The minimum absolute atomic E-state index is 0.104. The fourth-order valence-electron chi connectivity index (χ4n) is 3.42. The molecule has 0 fully saturated rings. The number of nitrogens with one attached hydrogen (secondary N) is 1. The Morgan fingerprint density at radius 3 is 2.72 bits per heavy atom. The molecule has 7 heteroatoms. The molecule has 0 saturated heterocycles. The summed E-state index contributed by atoms with van der Waals surface area (Å²) in [5, 5.41) is 3.84. The van der Waals surface area contributed by atoms with Gasteiger partial charge in [0.15, 0.2) is 5.43 Å². The summed E-state index contributed by atoms with van der Waals surface area (Å²) in [5.41, 5.74) is 1.76. The zero-order chi connectivity index (χ0) is 20.5. The molecule has 2 aromatic carbocycles. The number of rotatable bonds is 4. The normalized spacial score (nSPS) is 11.0. The molecule has 0 radical (unpaired) electrons. The number of aryl methyl sites for hydroxylation is 1. The minimum atomic E-state index is -0.553. The van der Waals surface area contributed by atoms with Crippen LogP contribution in [-0.2, 0) is 11.3 Å². The number of ether oxygens (including phenoxy) is 1. The van der Waals surface area contributed by atoms with Gasteiger partial charge in [0.05, 0.1) is 18.3 Å². The lowest BCUT2D eigenvalue weighted by atomic mass is 10.1. The van der Waals surface area contributed by atoms with Crippen molar-refractivity contribution in [1.82, 2.24) is 9.55 Å². The summed E-state index contributed by atoms with van der Waals surface area (Å²) in [6, 6.07) is 12.8. The number of nitrogens with zero attached hydrogens (tertiary/aromatic N) is 2. The van der Waals surface area contributed by atoms with Gasteiger partial charge in [-0.05, 0) is 31.2 Å². The maximum absolute atomic E-state index is 14.3. The van der Waals surface area contributed by atoms with Crippen molar-refractivity contribution in [2.45, 2.75) is 13.5 Å². The highest BCUT2D eigenvalue weighted by atomic mass is 19.1. The smallest absolute Gasteiger partial charge is 0.244 e. The van der Waals surface area contributed by atoms with Gasteiger partial charge < -0.3 is 14.6 Å². The van der Waals surface area contributed by atoms with Gasteiger partial charge in [0.1, 0.15) is 23.6 Å². The molecule has 4 rings (SSSR count). The molecule has 0 saturated carbocycles. The van der Waals surface area contributed by atoms with Crippen LogP contribution in [-0.4, -0.2) is 22.6 Å². The average Bonchev–Trinajstić information content (AvgIpc) is 2.70. The fraction of sp³-hybridized carbons (Fsp3) is 0.136. The number of amides is 1. The van der Waals surface area contributed by atoms with Crippen LogP contribution in [0, 0.1) is 12.7 Å². The first-order chi connectivity index (χ1) is 14.0. The maximum Gasteiger partial charge on any atom is 0.244 e. The summed E-state index contributed by atoms with van der Waals surface area (Å²) in [6.07, 6.45) is 1.42. The molecule has 29 heavy (non-hydrogen) atoms. The highest BCUT2D eigenvalue weighted by molar-refractivity contribution is 6.02. The molecule has 0 bridgehead atoms. The van der Waals surface area contributed by atoms with Crippen LogP contribution in [0.15, 0.2) is 59.5 Å². The van der Waals surface area contributed by atoms with Crippen molar-refractivity contribution < 1.29 is 13.9 Å². The number of benzene rings is 2. The average molecular weight is 391 g/mol. The van der Waals surface area contributed by atoms with Gasteiger partial charge in [0, 0.05) is 28.7 Å². The van der Waals surface area contributed by atoms with Crippen molar-refractivity contribution in [2.24, 2.45) is 0 Å². The maximum atomic E-state index is 14.3. The van der Waals surface area contributed by atoms with Gasteiger partial charge in [-0.25, -0.2) is 9.37 Å². The quantitative estimate of drug-likeness (QED) is 0.576. The van der Waals surface area contributed by atoms with E-state index in [-0.39, 0.29) is 28.8 Å². The second-order valence-corrected chi connectivity index (χ2v) is 6.66. The highest BCUT2D eigenvalue weighted by Crippen LogP contribution is 2.30. The Hall–Kier alpha value is -3.74. The van der Waals surface area contributed by atoms with E-state index < -0.39 is 5.82 Å². The van der Waals surface area contributed by atoms with E-state index in [4.69, 9.17) is 4.74 Å². The van der Waals surface area contributed by atoms with Gasteiger partial charge in [0.25, 0.3) is 0 Å². The number of carbonyl (C=O) groups excluding carboxylic acids is 1. The molecule has 1 N–H and O–H groups in total. The molecule has 0 atom stereocenters. The van der Waals surface area contributed by atoms with Gasteiger partial charge in [-0.2, -0.15) is 0 Å². The van der Waals surface area contributed by atoms with Crippen LogP contribution in [0.4, 0.5) is 10.1 Å². The molecule has 6 nitrogen and oxygen atoms in total. The van der Waals surface area contributed by atoms with Crippen molar-refractivity contribution in [2.75, 3.05) is 12.4 Å². The Kier molecular flexibility index (Phi) is 4.72. The number of pyridine rings is 2. The summed E-state index contributed by atoms with van der Waals surface area (Å²) in [5.74, 6) is -0.300. The lowest BCUT2D eigenvalue weighted by Crippen LogP contribution is -2.21. The number of hydrogen-bond donors (Lipinski definition) is 1. The van der Waals surface area contributed by atoms with E-state index in [9.17, 15) is 14.0 Å². The molecule has 2 heterocycles. The van der Waals surface area contributed by atoms with E-state index >= 15 is 0 Å². The monoisotopic (exact) mass is 391 g/mol. The van der Waals surface area contributed by atoms with Crippen LogP contribution in [0.3, 0.4) is 0 Å². The number of fused-ring (bicyclic) bond motifs is 2. The highest BCUT2D eigenvalue weighted by Gasteiger charge is 2.14. The first-order valence-electron chi connectivity index (χ1n) is 9.00. The fourth-order valence-corrected chi connectivity index (χ4v) is 3.42. The third kappa shape index (κ3) is 3.42. The molecule has 0 aliphatic rings. The topological polar surface area (TPSA) is 73.2 Å². The molecule has 2 aromatic heterocycles. The van der Waals surface area contributed by atoms with Crippen molar-refractivity contribution >= 4 is 33.4 Å². The van der Waals surface area contributed by atoms with Crippen molar-refractivity contribution in [3.05, 3.63) is 76.5 Å². The Bertz CT molecular complexity index is 1310. The summed E-state index contributed by atoms with van der Waals surface area (Å²) in [6.45, 7) is 1.68. The Balaban J connectivity index is 1.71. The number of aromatic nitrogens is 2. The molecule has 1 amide bonds. The lowest BCUT2D eigenvalue weighted by molar-refractivity contribution is -0.116. The van der Waals surface area contributed by atoms with Gasteiger partial charge in [-0.15, -0.1) is 0 Å². The number of para-hydroxylation sites is 2. The predicted molar refractivity (Wildman–Crippen MR) is 110 cm³/mol. The van der Waals surface area contributed by atoms with E-state index in [0.717, 1.165) is 11.1 Å². The Morgan fingerprint density at radius 2 is 1.93 bits per heavy atom. The number of hydrogen-bond acceptors (Lipinski definition) is 4. The van der Waals surface area contributed by atoms with Gasteiger partial charge in [-0.3, -0.25) is 9.59 Å². The Morgan fingerprint density at radius 1 is 1.17 bits per heavy atom. The molecule has 0 unspecified atom stereocenters. The van der Waals surface area contributed by atoms with E-state index in [1.807, 2.05) is 19.1 Å². The zero-order valence-corrected chi connectivity index (χ0v) is 15.9. The first-order valence-corrected chi connectivity index (χ1v) is 9.00. The number of anilines is 1. The second-order valence-electron chi connectivity index (χ2n) is 6.66. The largest absolute Gasteiger partial charge is 0.494 e. The third-order valence-corrected chi connectivity index (χ3v) is 4.68. The summed E-state index contributed by atoms with van der Waals surface area (Å²) in [4.78, 5) is 29.2. The van der Waals surface area contributed by atoms with Gasteiger partial charge in [-0.1, -0.05) is 18.2 Å². The summed E-state index contributed by atoms with van der Waals surface area (Å²) < 4.78 is 21.1. The van der Waals surface area contributed by atoms with E-state index in [1.54, 1.807) is 25.3 Å². The van der Waals surface area contributed by atoms with Crippen molar-refractivity contribution in [3.8, 4) is 5.75 Å². The molecule has 0 aliphatic carbocycles. The van der Waals surface area contributed by atoms with E-state index in [1.165, 1.54) is 29.0 Å². The van der Waals surface area contributed by atoms with Crippen molar-refractivity contribution in [1.29, 1.82) is 0 Å². The summed E-state index contributed by atoms with van der Waals surface area (Å²) >= 11 is 0. The van der Waals surface area contributed by atoms with Crippen LogP contribution in [0.2, 0.25) is 0 Å². The molecule has 146 valence electrons. The Labute approximate surface area is 165 Å². The number of halogens is 1. The van der Waals surface area contributed by atoms with Gasteiger partial charge in [0.2, 0.25) is 5.91 Å². The third-order valence-electron chi connectivity index (χ3n) is 4.68. The number of methoxy groups -OCH3 is 1. The van der Waals surface area contributed by atoms with Crippen LogP contribution in [0.1, 0.15) is 5.69 Å². The summed E-state index contributed by atoms with van der Waals surface area (Å²) in [7, 11) is 1.56. The van der Waals surface area contributed by atoms with Gasteiger partial charge >= 0.3 is 0 Å². The SMILES string of the molecule is COc1cccc2c(NC(=O)Cn3ccc(=O)c4cccc(F)c43)cc(C)nc12. The second kappa shape index (κ2) is 7.35. The first kappa shape index (κ1) is 18.6. The number of carbonyl (C=O) groups is 1. The molecule has 0 aliphatic heterocycles. The lowest BCUT2D eigenvalue weighted by Gasteiger charge is -2.14. The van der Waals surface area contributed by atoms with Crippen LogP contribution in [0.5, 0.6) is 5.75 Å². The molecular weight excluding hydrogens is 373 g/mol.